The first-order valence-electron chi connectivity index (χ1n) is 9.89. The maximum absolute atomic E-state index is 15.1. The van der Waals surface area contributed by atoms with Gasteiger partial charge in [0.2, 0.25) is 10.0 Å². The second-order valence-electron chi connectivity index (χ2n) is 7.26. The zero-order valence-corrected chi connectivity index (χ0v) is 19.4. The minimum absolute atomic E-state index is 0.149. The summed E-state index contributed by atoms with van der Waals surface area (Å²) in [5.41, 5.74) is 3.11. The van der Waals surface area contributed by atoms with Crippen LogP contribution in [0.1, 0.15) is 24.6 Å². The van der Waals surface area contributed by atoms with Gasteiger partial charge in [0.1, 0.15) is 5.82 Å². The maximum Gasteiger partial charge on any atom is 0.232 e. The first-order valence-corrected chi connectivity index (χ1v) is 12.7. The second kappa shape index (κ2) is 9.21. The number of nitrogens with one attached hydrogen (secondary N) is 1. The molecule has 2 aromatic carbocycles. The highest BCUT2D eigenvalue weighted by molar-refractivity contribution is 8.08. The standard InChI is InChI=1S/C23H19ClF2N2O2S2/c1-2-11-32(29,30)28-20-8-7-18(25)23(22(20)26)31-21-10-9-19-17(21)12-15(13-27-19)14-3-5-16(24)6-4-14/h3-8,10,12-13,28H,2,9,11H2,1H3. The lowest BCUT2D eigenvalue weighted by atomic mass is 10.1. The average Bonchev–Trinajstić information content (AvgIpc) is 3.15. The zero-order chi connectivity index (χ0) is 22.9. The number of benzene rings is 2. The van der Waals surface area contributed by atoms with Crippen LogP contribution in [0, 0.1) is 11.6 Å². The molecule has 4 rings (SSSR count). The molecular weight excluding hydrogens is 474 g/mol. The van der Waals surface area contributed by atoms with Crippen LogP contribution >= 0.6 is 23.4 Å². The third kappa shape index (κ3) is 4.82. The third-order valence-corrected chi connectivity index (χ3v) is 7.81. The van der Waals surface area contributed by atoms with Gasteiger partial charge in [0.05, 0.1) is 22.0 Å². The molecule has 0 atom stereocenters. The second-order valence-corrected chi connectivity index (χ2v) is 10.6. The van der Waals surface area contributed by atoms with Gasteiger partial charge in [0.15, 0.2) is 5.82 Å². The lowest BCUT2D eigenvalue weighted by Crippen LogP contribution is -2.17. The summed E-state index contributed by atoms with van der Waals surface area (Å²) in [6, 6.07) is 11.4. The normalized spacial score (nSPS) is 13.1. The number of thioether (sulfide) groups is 1. The van der Waals surface area contributed by atoms with E-state index in [0.29, 0.717) is 22.8 Å². The Labute approximate surface area is 194 Å². The molecule has 0 amide bonds. The zero-order valence-electron chi connectivity index (χ0n) is 17.0. The molecule has 1 aromatic heterocycles. The van der Waals surface area contributed by atoms with Gasteiger partial charge in [-0.1, -0.05) is 48.5 Å². The van der Waals surface area contributed by atoms with E-state index in [9.17, 15) is 12.8 Å². The maximum atomic E-state index is 15.1. The van der Waals surface area contributed by atoms with Gasteiger partial charge in [-0.25, -0.2) is 17.2 Å². The van der Waals surface area contributed by atoms with Crippen molar-refractivity contribution >= 4 is 44.0 Å². The first kappa shape index (κ1) is 22.8. The molecule has 0 spiro atoms. The molecule has 0 unspecified atom stereocenters. The van der Waals surface area contributed by atoms with Crippen LogP contribution in [0.25, 0.3) is 16.0 Å². The van der Waals surface area contributed by atoms with Crippen LogP contribution in [0.4, 0.5) is 14.5 Å². The van der Waals surface area contributed by atoms with E-state index in [0.717, 1.165) is 46.3 Å². The van der Waals surface area contributed by atoms with Crippen LogP contribution < -0.4 is 4.72 Å². The molecular formula is C23H19ClF2N2O2S2. The first-order chi connectivity index (χ1) is 15.3. The van der Waals surface area contributed by atoms with Crippen molar-refractivity contribution in [3.8, 4) is 11.1 Å². The number of hydrogen-bond donors (Lipinski definition) is 1. The van der Waals surface area contributed by atoms with Crippen molar-refractivity contribution in [1.82, 2.24) is 4.98 Å². The van der Waals surface area contributed by atoms with E-state index < -0.39 is 21.7 Å². The van der Waals surface area contributed by atoms with Crippen LogP contribution in [-0.4, -0.2) is 19.2 Å². The molecule has 4 nitrogen and oxygen atoms in total. The number of nitrogens with zero attached hydrogens (tertiary/aromatic N) is 1. The van der Waals surface area contributed by atoms with Crippen LogP contribution in [0.5, 0.6) is 0 Å². The topological polar surface area (TPSA) is 59.1 Å². The van der Waals surface area contributed by atoms with E-state index in [1.807, 2.05) is 24.3 Å². The SMILES string of the molecule is CCCS(=O)(=O)Nc1ccc(F)c(SC2=CCc3ncc(-c4ccc(Cl)cc4)cc32)c1F. The minimum Gasteiger partial charge on any atom is -0.281 e. The highest BCUT2D eigenvalue weighted by atomic mass is 35.5. The van der Waals surface area contributed by atoms with Crippen molar-refractivity contribution in [2.24, 2.45) is 0 Å². The molecule has 1 heterocycles. The van der Waals surface area contributed by atoms with Crippen molar-refractivity contribution in [1.29, 1.82) is 0 Å². The van der Waals surface area contributed by atoms with Crippen molar-refractivity contribution < 1.29 is 17.2 Å². The summed E-state index contributed by atoms with van der Waals surface area (Å²) in [5, 5.41) is 0.624. The van der Waals surface area contributed by atoms with E-state index in [1.54, 1.807) is 25.3 Å². The largest absolute Gasteiger partial charge is 0.281 e. The Hall–Kier alpha value is -2.42. The number of rotatable bonds is 7. The van der Waals surface area contributed by atoms with Crippen LogP contribution in [0.2, 0.25) is 5.02 Å². The van der Waals surface area contributed by atoms with Gasteiger partial charge in [0.25, 0.3) is 0 Å². The highest BCUT2D eigenvalue weighted by Gasteiger charge is 2.23. The summed E-state index contributed by atoms with van der Waals surface area (Å²) in [6.07, 6.45) is 4.55. The summed E-state index contributed by atoms with van der Waals surface area (Å²) < 4.78 is 55.9. The summed E-state index contributed by atoms with van der Waals surface area (Å²) in [6.45, 7) is 1.71. The van der Waals surface area contributed by atoms with Gasteiger partial charge in [-0.15, -0.1) is 0 Å². The Morgan fingerprint density at radius 3 is 2.59 bits per heavy atom. The van der Waals surface area contributed by atoms with E-state index in [4.69, 9.17) is 11.6 Å². The lowest BCUT2D eigenvalue weighted by Gasteiger charge is -2.13. The molecule has 1 aliphatic carbocycles. The molecule has 3 aromatic rings. The number of allylic oxidation sites excluding steroid dienone is 1. The van der Waals surface area contributed by atoms with E-state index in [-0.39, 0.29) is 16.3 Å². The Kier molecular flexibility index (Phi) is 6.55. The van der Waals surface area contributed by atoms with Crippen LogP contribution in [-0.2, 0) is 16.4 Å². The van der Waals surface area contributed by atoms with Gasteiger partial charge in [0, 0.05) is 33.7 Å². The van der Waals surface area contributed by atoms with Crippen molar-refractivity contribution in [2.45, 2.75) is 24.7 Å². The van der Waals surface area contributed by atoms with Crippen LogP contribution in [0.15, 0.2) is 59.6 Å². The molecule has 0 aliphatic heterocycles. The van der Waals surface area contributed by atoms with Crippen molar-refractivity contribution in [3.05, 3.63) is 82.7 Å². The molecule has 0 saturated heterocycles. The number of fused-ring (bicyclic) bond motifs is 1. The van der Waals surface area contributed by atoms with Crippen molar-refractivity contribution in [3.63, 3.8) is 0 Å². The van der Waals surface area contributed by atoms with Crippen molar-refractivity contribution in [2.75, 3.05) is 10.5 Å². The number of sulfonamides is 1. The van der Waals surface area contributed by atoms with Gasteiger partial charge >= 0.3 is 0 Å². The Bertz CT molecular complexity index is 1310. The predicted octanol–water partition coefficient (Wildman–Crippen LogP) is 6.52. The number of hydrogen-bond acceptors (Lipinski definition) is 4. The molecule has 0 saturated carbocycles. The fourth-order valence-electron chi connectivity index (χ4n) is 3.37. The van der Waals surface area contributed by atoms with E-state index >= 15 is 4.39 Å². The Balaban J connectivity index is 1.65. The quantitative estimate of drug-likeness (QED) is 0.408. The van der Waals surface area contributed by atoms with E-state index in [2.05, 4.69) is 9.71 Å². The number of aromatic nitrogens is 1. The van der Waals surface area contributed by atoms with Gasteiger partial charge < -0.3 is 0 Å². The molecule has 9 heteroatoms. The summed E-state index contributed by atoms with van der Waals surface area (Å²) in [5.74, 6) is -1.85. The Morgan fingerprint density at radius 2 is 1.88 bits per heavy atom. The summed E-state index contributed by atoms with van der Waals surface area (Å²) in [4.78, 5) is 4.90. The minimum atomic E-state index is -3.71. The lowest BCUT2D eigenvalue weighted by molar-refractivity contribution is 0.543. The highest BCUT2D eigenvalue weighted by Crippen LogP contribution is 2.43. The third-order valence-electron chi connectivity index (χ3n) is 4.89. The number of anilines is 1. The molecule has 0 bridgehead atoms. The van der Waals surface area contributed by atoms with Gasteiger partial charge in [-0.3, -0.25) is 9.71 Å². The van der Waals surface area contributed by atoms with Crippen LogP contribution in [0.3, 0.4) is 0 Å². The Morgan fingerprint density at radius 1 is 1.12 bits per heavy atom. The van der Waals surface area contributed by atoms with Gasteiger partial charge in [-0.2, -0.15) is 0 Å². The smallest absolute Gasteiger partial charge is 0.232 e. The average molecular weight is 493 g/mol. The number of halogens is 3. The molecule has 1 N–H and O–H groups in total. The predicted molar refractivity (Wildman–Crippen MR) is 126 cm³/mol. The van der Waals surface area contributed by atoms with Gasteiger partial charge in [-0.05, 0) is 42.3 Å². The molecule has 166 valence electrons. The molecule has 1 aliphatic rings. The molecule has 32 heavy (non-hydrogen) atoms. The summed E-state index contributed by atoms with van der Waals surface area (Å²) >= 11 is 6.89. The fraction of sp³-hybridized carbons (Fsp3) is 0.174. The molecule has 0 radical (unpaired) electrons. The number of pyridine rings is 1. The fourth-order valence-corrected chi connectivity index (χ4v) is 5.66. The molecule has 0 fully saturated rings. The van der Waals surface area contributed by atoms with E-state index in [1.165, 1.54) is 0 Å². The monoisotopic (exact) mass is 492 g/mol. The summed E-state index contributed by atoms with van der Waals surface area (Å²) in [7, 11) is -3.71.